The maximum atomic E-state index is 13.0. The number of carboxylic acids is 2. The molecule has 0 aliphatic heterocycles. The van der Waals surface area contributed by atoms with Crippen molar-refractivity contribution in [1.29, 1.82) is 0 Å². The quantitative estimate of drug-likeness (QED) is 0.103. The van der Waals surface area contributed by atoms with E-state index in [9.17, 15) is 33.9 Å². The van der Waals surface area contributed by atoms with Crippen molar-refractivity contribution in [2.24, 2.45) is 11.5 Å². The number of aliphatic carboxylic acids is 2. The minimum Gasteiger partial charge on any atom is -0.481 e. The lowest BCUT2D eigenvalue weighted by molar-refractivity contribution is -0.147. The molecule has 0 aliphatic carbocycles. The van der Waals surface area contributed by atoms with Gasteiger partial charge in [0.2, 0.25) is 23.6 Å². The van der Waals surface area contributed by atoms with E-state index in [2.05, 4.69) is 20.6 Å². The highest BCUT2D eigenvalue weighted by Gasteiger charge is 2.31. The summed E-state index contributed by atoms with van der Waals surface area (Å²) in [7, 11) is 0. The molecular weight excluding hydrogens is 498 g/mol. The van der Waals surface area contributed by atoms with Crippen LogP contribution in [0.3, 0.4) is 0 Å². The fourth-order valence-corrected chi connectivity index (χ4v) is 3.46. The van der Waals surface area contributed by atoms with E-state index in [0.29, 0.717) is 11.4 Å². The lowest BCUT2D eigenvalue weighted by Gasteiger charge is -2.25. The summed E-state index contributed by atoms with van der Waals surface area (Å²) in [5, 5.41) is 25.0. The van der Waals surface area contributed by atoms with Crippen molar-refractivity contribution >= 4 is 47.3 Å². The Bertz CT molecular complexity index is 927. The molecule has 0 saturated carbocycles. The standard InChI is InChI=1S/C20H31N7O8S/c1-36-5-4-13(25-17(31)11(21)6-10-8-23-9-24-10)19(33)26-12(2-3-15(22)28)18(32)27-14(20(34)35)7-16(29)30/h8-9,11-14H,2-7,21H2,1H3,(H2,22,28)(H,23,24)(H,25,31)(H,26,33)(H,27,32)(H,29,30)(H,34,35). The lowest BCUT2D eigenvalue weighted by atomic mass is 10.1. The highest BCUT2D eigenvalue weighted by molar-refractivity contribution is 7.98. The van der Waals surface area contributed by atoms with Crippen LogP contribution in [0.15, 0.2) is 12.5 Å². The van der Waals surface area contributed by atoms with Crippen LogP contribution in [-0.2, 0) is 35.2 Å². The molecule has 36 heavy (non-hydrogen) atoms. The van der Waals surface area contributed by atoms with E-state index in [-0.39, 0.29) is 25.7 Å². The number of amides is 4. The van der Waals surface area contributed by atoms with Crippen molar-refractivity contribution < 1.29 is 39.0 Å². The van der Waals surface area contributed by atoms with Crippen molar-refractivity contribution in [2.75, 3.05) is 12.0 Å². The molecule has 0 aliphatic rings. The molecule has 1 rings (SSSR count). The smallest absolute Gasteiger partial charge is 0.326 e. The molecule has 4 amide bonds. The maximum absolute atomic E-state index is 13.0. The molecule has 1 heterocycles. The van der Waals surface area contributed by atoms with Crippen LogP contribution in [0.5, 0.6) is 0 Å². The number of aromatic amines is 1. The van der Waals surface area contributed by atoms with Crippen LogP contribution >= 0.6 is 11.8 Å². The number of hydrogen-bond acceptors (Lipinski definition) is 9. The van der Waals surface area contributed by atoms with Gasteiger partial charge in [-0.05, 0) is 24.9 Å². The molecule has 10 N–H and O–H groups in total. The van der Waals surface area contributed by atoms with Crippen LogP contribution in [-0.4, -0.2) is 91.9 Å². The van der Waals surface area contributed by atoms with Gasteiger partial charge in [-0.1, -0.05) is 0 Å². The highest BCUT2D eigenvalue weighted by atomic mass is 32.2. The summed E-state index contributed by atoms with van der Waals surface area (Å²) >= 11 is 1.41. The van der Waals surface area contributed by atoms with Gasteiger partial charge in [0.1, 0.15) is 18.1 Å². The maximum Gasteiger partial charge on any atom is 0.326 e. The largest absolute Gasteiger partial charge is 0.481 e. The number of H-pyrrole nitrogens is 1. The fourth-order valence-electron chi connectivity index (χ4n) is 2.98. The van der Waals surface area contributed by atoms with Crippen LogP contribution in [0, 0.1) is 0 Å². The zero-order valence-corrected chi connectivity index (χ0v) is 20.4. The number of carbonyl (C=O) groups excluding carboxylic acids is 4. The van der Waals surface area contributed by atoms with Gasteiger partial charge in [-0.25, -0.2) is 9.78 Å². The first-order valence-corrected chi connectivity index (χ1v) is 12.2. The number of imidazole rings is 1. The number of rotatable bonds is 17. The molecule has 0 fully saturated rings. The first kappa shape index (κ1) is 30.4. The predicted molar refractivity (Wildman–Crippen MR) is 127 cm³/mol. The third-order valence-electron chi connectivity index (χ3n) is 4.88. The van der Waals surface area contributed by atoms with Crippen molar-refractivity contribution in [3.63, 3.8) is 0 Å². The fraction of sp³-hybridized carbons (Fsp3) is 0.550. The average Bonchev–Trinajstić information content (AvgIpc) is 3.30. The van der Waals surface area contributed by atoms with Gasteiger partial charge in [0.05, 0.1) is 18.8 Å². The van der Waals surface area contributed by atoms with Gasteiger partial charge in [0, 0.05) is 24.7 Å². The van der Waals surface area contributed by atoms with Crippen molar-refractivity contribution in [3.8, 4) is 0 Å². The van der Waals surface area contributed by atoms with Gasteiger partial charge < -0.3 is 42.6 Å². The molecule has 1 aromatic rings. The Morgan fingerprint density at radius 3 is 2.08 bits per heavy atom. The zero-order chi connectivity index (χ0) is 27.3. The minimum atomic E-state index is -1.77. The number of carboxylic acid groups (broad SMARTS) is 2. The molecule has 200 valence electrons. The summed E-state index contributed by atoms with van der Waals surface area (Å²) in [5.74, 6) is -5.80. The van der Waals surface area contributed by atoms with E-state index in [4.69, 9.17) is 16.6 Å². The lowest BCUT2D eigenvalue weighted by Crippen LogP contribution is -2.57. The molecule has 0 saturated heterocycles. The Labute approximate surface area is 210 Å². The number of aromatic nitrogens is 2. The SMILES string of the molecule is CSCCC(NC(=O)C(N)Cc1cnc[nH]1)C(=O)NC(CCC(N)=O)C(=O)NC(CC(=O)O)C(=O)O. The van der Waals surface area contributed by atoms with E-state index < -0.39 is 66.2 Å². The van der Waals surface area contributed by atoms with E-state index in [1.54, 1.807) is 6.26 Å². The van der Waals surface area contributed by atoms with Crippen LogP contribution < -0.4 is 27.4 Å². The second kappa shape index (κ2) is 15.4. The molecule has 0 bridgehead atoms. The normalized spacial score (nSPS) is 14.1. The molecule has 16 heteroatoms. The summed E-state index contributed by atoms with van der Waals surface area (Å²) in [6.45, 7) is 0. The summed E-state index contributed by atoms with van der Waals surface area (Å²) in [5.41, 5.74) is 11.7. The van der Waals surface area contributed by atoms with Crippen LogP contribution in [0.25, 0.3) is 0 Å². The summed E-state index contributed by atoms with van der Waals surface area (Å²) in [6, 6.07) is -5.30. The van der Waals surface area contributed by atoms with Gasteiger partial charge in [-0.2, -0.15) is 11.8 Å². The molecule has 0 spiro atoms. The zero-order valence-electron chi connectivity index (χ0n) is 19.6. The molecular formula is C20H31N7O8S. The Morgan fingerprint density at radius 1 is 1.00 bits per heavy atom. The van der Waals surface area contributed by atoms with E-state index >= 15 is 0 Å². The van der Waals surface area contributed by atoms with Crippen LogP contribution in [0.1, 0.15) is 31.4 Å². The van der Waals surface area contributed by atoms with Gasteiger partial charge in [0.25, 0.3) is 0 Å². The third kappa shape index (κ3) is 11.2. The molecule has 0 aromatic carbocycles. The first-order valence-electron chi connectivity index (χ1n) is 10.8. The number of primary amides is 1. The van der Waals surface area contributed by atoms with Crippen molar-refractivity contribution in [2.45, 2.75) is 56.3 Å². The number of carbonyl (C=O) groups is 6. The van der Waals surface area contributed by atoms with Crippen molar-refractivity contribution in [1.82, 2.24) is 25.9 Å². The predicted octanol–water partition coefficient (Wildman–Crippen LogP) is -2.69. The third-order valence-corrected chi connectivity index (χ3v) is 5.52. The summed E-state index contributed by atoms with van der Waals surface area (Å²) in [4.78, 5) is 78.3. The monoisotopic (exact) mass is 529 g/mol. The Kier molecular flexibility index (Phi) is 13.0. The second-order valence-corrected chi connectivity index (χ2v) is 8.78. The number of nitrogens with zero attached hydrogens (tertiary/aromatic N) is 1. The molecule has 0 radical (unpaired) electrons. The van der Waals surface area contributed by atoms with Gasteiger partial charge in [-0.3, -0.25) is 24.0 Å². The van der Waals surface area contributed by atoms with E-state index in [0.717, 1.165) is 0 Å². The van der Waals surface area contributed by atoms with Gasteiger partial charge >= 0.3 is 11.9 Å². The summed E-state index contributed by atoms with van der Waals surface area (Å²) < 4.78 is 0. The first-order chi connectivity index (χ1) is 16.9. The minimum absolute atomic E-state index is 0.131. The number of nitrogens with one attached hydrogen (secondary N) is 4. The molecule has 1 aromatic heterocycles. The molecule has 4 unspecified atom stereocenters. The number of nitrogens with two attached hydrogens (primary N) is 2. The second-order valence-electron chi connectivity index (χ2n) is 7.79. The highest BCUT2D eigenvalue weighted by Crippen LogP contribution is 2.06. The van der Waals surface area contributed by atoms with Gasteiger partial charge in [0.15, 0.2) is 0 Å². The molecule has 15 nitrogen and oxygen atoms in total. The Morgan fingerprint density at radius 2 is 1.58 bits per heavy atom. The Hall–Kier alpha value is -3.66. The number of thioether (sulfide) groups is 1. The number of hydrogen-bond donors (Lipinski definition) is 8. The van der Waals surface area contributed by atoms with E-state index in [1.807, 2.05) is 5.32 Å². The van der Waals surface area contributed by atoms with E-state index in [1.165, 1.54) is 24.3 Å². The topological polar surface area (TPSA) is 260 Å². The average molecular weight is 530 g/mol. The van der Waals surface area contributed by atoms with Crippen molar-refractivity contribution in [3.05, 3.63) is 18.2 Å². The Balaban J connectivity index is 2.96. The van der Waals surface area contributed by atoms with Crippen LogP contribution in [0.2, 0.25) is 0 Å². The molecule has 4 atom stereocenters. The van der Waals surface area contributed by atoms with Gasteiger partial charge in [-0.15, -0.1) is 0 Å². The summed E-state index contributed by atoms with van der Waals surface area (Å²) in [6.07, 6.45) is 3.51. The van der Waals surface area contributed by atoms with Crippen LogP contribution in [0.4, 0.5) is 0 Å².